The number of amides is 2. The second-order valence-corrected chi connectivity index (χ2v) is 8.55. The van der Waals surface area contributed by atoms with Gasteiger partial charge in [-0.05, 0) is 47.8 Å². The predicted octanol–water partition coefficient (Wildman–Crippen LogP) is 3.84. The Morgan fingerprint density at radius 1 is 1.15 bits per heavy atom. The fourth-order valence-corrected chi connectivity index (χ4v) is 4.69. The van der Waals surface area contributed by atoms with Crippen LogP contribution in [0, 0.1) is 0 Å². The SMILES string of the molecule is COc1ccc(-c2cnc3c(c2)C(C2=CCN(C(=O)NC4CCOC4)CC2)=CC3)cc1OC. The minimum atomic E-state index is -0.000919. The van der Waals surface area contributed by atoms with Gasteiger partial charge < -0.3 is 24.4 Å². The highest BCUT2D eigenvalue weighted by Crippen LogP contribution is 2.38. The molecule has 1 fully saturated rings. The first-order valence-electron chi connectivity index (χ1n) is 11.4. The van der Waals surface area contributed by atoms with E-state index in [1.165, 1.54) is 16.7 Å². The molecule has 1 N–H and O–H groups in total. The molecule has 2 aliphatic heterocycles. The average molecular weight is 448 g/mol. The lowest BCUT2D eigenvalue weighted by Gasteiger charge is -2.28. The zero-order valence-corrected chi connectivity index (χ0v) is 19.1. The molecule has 1 aromatic heterocycles. The molecule has 1 unspecified atom stereocenters. The molecule has 1 aromatic carbocycles. The van der Waals surface area contributed by atoms with Crippen LogP contribution in [0.3, 0.4) is 0 Å². The topological polar surface area (TPSA) is 72.9 Å². The van der Waals surface area contributed by atoms with E-state index in [-0.39, 0.29) is 12.1 Å². The Bertz CT molecular complexity index is 1120. The standard InChI is InChI=1S/C26H29N3O4/c1-31-24-6-3-18(14-25(24)32-2)19-13-22-21(4-5-23(22)27-15-19)17-7-10-29(11-8-17)26(30)28-20-9-12-33-16-20/h3-4,6-7,13-15,20H,5,8-12,16H2,1-2H3,(H,28,30). The number of pyridine rings is 1. The molecular formula is C26H29N3O4. The lowest BCUT2D eigenvalue weighted by atomic mass is 9.94. The van der Waals surface area contributed by atoms with Crippen LogP contribution in [-0.4, -0.2) is 62.5 Å². The summed E-state index contributed by atoms with van der Waals surface area (Å²) in [6, 6.07) is 8.26. The van der Waals surface area contributed by atoms with Crippen LogP contribution in [0.25, 0.3) is 16.7 Å². The number of carbonyl (C=O) groups is 1. The maximum atomic E-state index is 12.6. The number of hydrogen-bond acceptors (Lipinski definition) is 5. The molecule has 1 saturated heterocycles. The van der Waals surface area contributed by atoms with E-state index in [1.54, 1.807) is 14.2 Å². The first-order valence-corrected chi connectivity index (χ1v) is 11.4. The zero-order valence-electron chi connectivity index (χ0n) is 19.1. The van der Waals surface area contributed by atoms with Gasteiger partial charge in [0.15, 0.2) is 11.5 Å². The van der Waals surface area contributed by atoms with Crippen LogP contribution in [-0.2, 0) is 11.2 Å². The highest BCUT2D eigenvalue weighted by Gasteiger charge is 2.26. The molecule has 1 atom stereocenters. The van der Waals surface area contributed by atoms with Crippen molar-refractivity contribution >= 4 is 11.6 Å². The molecule has 3 aliphatic rings. The Labute approximate surface area is 194 Å². The normalized spacial score (nSPS) is 19.6. The van der Waals surface area contributed by atoms with Crippen LogP contribution < -0.4 is 14.8 Å². The largest absolute Gasteiger partial charge is 0.493 e. The van der Waals surface area contributed by atoms with Crippen molar-refractivity contribution in [2.45, 2.75) is 25.3 Å². The maximum absolute atomic E-state index is 12.6. The van der Waals surface area contributed by atoms with Gasteiger partial charge in [-0.25, -0.2) is 4.79 Å². The van der Waals surface area contributed by atoms with E-state index < -0.39 is 0 Å². The number of methoxy groups -OCH3 is 2. The van der Waals surface area contributed by atoms with Gasteiger partial charge in [-0.2, -0.15) is 0 Å². The van der Waals surface area contributed by atoms with Crippen LogP contribution in [0.4, 0.5) is 4.79 Å². The smallest absolute Gasteiger partial charge is 0.317 e. The molecule has 3 heterocycles. The van der Waals surface area contributed by atoms with Gasteiger partial charge in [0.25, 0.3) is 0 Å². The molecule has 1 aliphatic carbocycles. The first-order chi connectivity index (χ1) is 16.2. The third kappa shape index (κ3) is 4.33. The second-order valence-electron chi connectivity index (χ2n) is 8.55. The van der Waals surface area contributed by atoms with Crippen LogP contribution in [0.15, 0.2) is 48.2 Å². The second kappa shape index (κ2) is 9.27. The van der Waals surface area contributed by atoms with E-state index in [1.807, 2.05) is 29.3 Å². The van der Waals surface area contributed by atoms with Crippen molar-refractivity contribution in [2.75, 3.05) is 40.5 Å². The summed E-state index contributed by atoms with van der Waals surface area (Å²) in [7, 11) is 3.28. The number of hydrogen-bond donors (Lipinski definition) is 1. The lowest BCUT2D eigenvalue weighted by Crippen LogP contribution is -2.46. The van der Waals surface area contributed by atoms with E-state index in [4.69, 9.17) is 19.2 Å². The fraction of sp³-hybridized carbons (Fsp3) is 0.385. The number of fused-ring (bicyclic) bond motifs is 1. The van der Waals surface area contributed by atoms with E-state index in [9.17, 15) is 4.79 Å². The van der Waals surface area contributed by atoms with Crippen LogP contribution >= 0.6 is 0 Å². The van der Waals surface area contributed by atoms with Crippen LogP contribution in [0.5, 0.6) is 11.5 Å². The summed E-state index contributed by atoms with van der Waals surface area (Å²) in [6.45, 7) is 2.66. The van der Waals surface area contributed by atoms with Crippen molar-refractivity contribution in [3.05, 3.63) is 59.4 Å². The average Bonchev–Trinajstić information content (AvgIpc) is 3.53. The molecule has 0 spiro atoms. The third-order valence-electron chi connectivity index (χ3n) is 6.58. The number of rotatable bonds is 5. The summed E-state index contributed by atoms with van der Waals surface area (Å²) < 4.78 is 16.2. The molecule has 0 radical (unpaired) electrons. The van der Waals surface area contributed by atoms with Gasteiger partial charge in [0.2, 0.25) is 0 Å². The molecule has 2 aromatic rings. The number of carbonyl (C=O) groups excluding carboxylic acids is 1. The number of allylic oxidation sites excluding steroid dienone is 2. The minimum Gasteiger partial charge on any atom is -0.493 e. The molecular weight excluding hydrogens is 418 g/mol. The quantitative estimate of drug-likeness (QED) is 0.754. The van der Waals surface area contributed by atoms with Crippen molar-refractivity contribution < 1.29 is 19.0 Å². The number of nitrogens with zero attached hydrogens (tertiary/aromatic N) is 2. The summed E-state index contributed by atoms with van der Waals surface area (Å²) in [5, 5.41) is 3.08. The molecule has 7 nitrogen and oxygen atoms in total. The summed E-state index contributed by atoms with van der Waals surface area (Å²) in [4.78, 5) is 19.2. The van der Waals surface area contributed by atoms with Gasteiger partial charge in [0.05, 0.1) is 32.6 Å². The number of urea groups is 1. The van der Waals surface area contributed by atoms with E-state index >= 15 is 0 Å². The van der Waals surface area contributed by atoms with Gasteiger partial charge in [0.1, 0.15) is 0 Å². The molecule has 172 valence electrons. The van der Waals surface area contributed by atoms with Gasteiger partial charge in [-0.3, -0.25) is 4.98 Å². The Balaban J connectivity index is 1.33. The van der Waals surface area contributed by atoms with E-state index in [0.717, 1.165) is 42.7 Å². The van der Waals surface area contributed by atoms with Crippen molar-refractivity contribution in [1.82, 2.24) is 15.2 Å². The first kappa shape index (κ1) is 21.5. The Kier molecular flexibility index (Phi) is 6.05. The molecule has 0 bridgehead atoms. The van der Waals surface area contributed by atoms with E-state index in [2.05, 4.69) is 23.5 Å². The van der Waals surface area contributed by atoms with Gasteiger partial charge in [-0.1, -0.05) is 18.2 Å². The van der Waals surface area contributed by atoms with Crippen molar-refractivity contribution in [3.63, 3.8) is 0 Å². The van der Waals surface area contributed by atoms with Gasteiger partial charge >= 0.3 is 6.03 Å². The number of nitrogens with one attached hydrogen (secondary N) is 1. The highest BCUT2D eigenvalue weighted by molar-refractivity contribution is 5.86. The van der Waals surface area contributed by atoms with Crippen molar-refractivity contribution in [1.29, 1.82) is 0 Å². The van der Waals surface area contributed by atoms with Gasteiger partial charge in [-0.15, -0.1) is 0 Å². The molecule has 7 heteroatoms. The van der Waals surface area contributed by atoms with Gasteiger partial charge in [0, 0.05) is 43.4 Å². The Morgan fingerprint density at radius 2 is 2.03 bits per heavy atom. The van der Waals surface area contributed by atoms with Crippen molar-refractivity contribution in [3.8, 4) is 22.6 Å². The zero-order chi connectivity index (χ0) is 22.8. The highest BCUT2D eigenvalue weighted by atomic mass is 16.5. The summed E-state index contributed by atoms with van der Waals surface area (Å²) in [5.41, 5.74) is 6.87. The minimum absolute atomic E-state index is 0.000919. The Hall–Kier alpha value is -3.32. The lowest BCUT2D eigenvalue weighted by molar-refractivity contribution is 0.179. The maximum Gasteiger partial charge on any atom is 0.317 e. The summed E-state index contributed by atoms with van der Waals surface area (Å²) >= 11 is 0. The number of benzene rings is 1. The number of aromatic nitrogens is 1. The predicted molar refractivity (Wildman–Crippen MR) is 126 cm³/mol. The fourth-order valence-electron chi connectivity index (χ4n) is 4.69. The molecule has 2 amide bonds. The number of ether oxygens (including phenoxy) is 3. The van der Waals surface area contributed by atoms with E-state index in [0.29, 0.717) is 31.2 Å². The summed E-state index contributed by atoms with van der Waals surface area (Å²) in [5.74, 6) is 1.40. The monoisotopic (exact) mass is 447 g/mol. The third-order valence-corrected chi connectivity index (χ3v) is 6.58. The summed E-state index contributed by atoms with van der Waals surface area (Å²) in [6.07, 6.45) is 8.91. The molecule has 5 rings (SSSR count). The van der Waals surface area contributed by atoms with Crippen LogP contribution in [0.2, 0.25) is 0 Å². The van der Waals surface area contributed by atoms with Crippen LogP contribution in [0.1, 0.15) is 24.1 Å². The Morgan fingerprint density at radius 3 is 2.76 bits per heavy atom. The molecule has 0 saturated carbocycles. The van der Waals surface area contributed by atoms with Crippen molar-refractivity contribution in [2.24, 2.45) is 0 Å². The molecule has 33 heavy (non-hydrogen) atoms.